The molecule has 0 saturated heterocycles. The first-order valence-electron chi connectivity index (χ1n) is 8.65. The molecule has 3 rings (SSSR count). The highest BCUT2D eigenvalue weighted by Gasteiger charge is 2.20. The van der Waals surface area contributed by atoms with E-state index in [2.05, 4.69) is 5.10 Å². The first-order chi connectivity index (χ1) is 13.4. The maximum absolute atomic E-state index is 13.9. The second-order valence-corrected chi connectivity index (χ2v) is 6.38. The highest BCUT2D eigenvalue weighted by atomic mass is 19.1. The topological polar surface area (TPSA) is 64.4 Å². The number of para-hydroxylation sites is 1. The number of aryl methyl sites for hydroxylation is 1. The Kier molecular flexibility index (Phi) is 5.54. The molecule has 2 aromatic carbocycles. The van der Waals surface area contributed by atoms with Crippen LogP contribution < -0.4 is 10.2 Å². The lowest BCUT2D eigenvalue weighted by atomic mass is 10.2. The molecule has 0 aliphatic carbocycles. The molecule has 1 aromatic heterocycles. The summed E-state index contributed by atoms with van der Waals surface area (Å²) >= 11 is 0. The van der Waals surface area contributed by atoms with Gasteiger partial charge in [-0.1, -0.05) is 24.3 Å². The fraction of sp³-hybridized carbons (Fsp3) is 0.190. The van der Waals surface area contributed by atoms with Crippen LogP contribution in [0.25, 0.3) is 5.69 Å². The maximum Gasteiger partial charge on any atom is 0.278 e. The predicted molar refractivity (Wildman–Crippen MR) is 103 cm³/mol. The molecule has 0 aliphatic heterocycles. The number of halogens is 1. The van der Waals surface area contributed by atoms with E-state index in [0.717, 1.165) is 5.69 Å². The van der Waals surface area contributed by atoms with Crippen molar-refractivity contribution < 1.29 is 13.9 Å². The summed E-state index contributed by atoms with van der Waals surface area (Å²) in [7, 11) is 2.92. The summed E-state index contributed by atoms with van der Waals surface area (Å²) < 4.78 is 20.3. The Hall–Kier alpha value is -3.48. The molecule has 7 heteroatoms. The van der Waals surface area contributed by atoms with Gasteiger partial charge in [0, 0.05) is 25.4 Å². The average molecular weight is 381 g/mol. The Labute approximate surface area is 161 Å². The van der Waals surface area contributed by atoms with Gasteiger partial charge in [0.1, 0.15) is 0 Å². The van der Waals surface area contributed by atoms with E-state index in [1.54, 1.807) is 17.7 Å². The van der Waals surface area contributed by atoms with Crippen molar-refractivity contribution >= 4 is 5.91 Å². The standard InChI is InChI=1S/C21H20FN3O3/c1-14-11-18(26)20(23-25(14)16-7-5-4-6-8-16)21(27)24(2)13-15-9-10-19(28-3)17(22)12-15/h4-12H,13H2,1-3H3. The van der Waals surface area contributed by atoms with Crippen LogP contribution in [0.2, 0.25) is 0 Å². The molecule has 0 unspecified atom stereocenters. The lowest BCUT2D eigenvalue weighted by Gasteiger charge is -2.18. The first-order valence-corrected chi connectivity index (χ1v) is 8.65. The molecule has 0 saturated carbocycles. The summed E-state index contributed by atoms with van der Waals surface area (Å²) in [4.78, 5) is 26.5. The van der Waals surface area contributed by atoms with Crippen LogP contribution >= 0.6 is 0 Å². The van der Waals surface area contributed by atoms with Crippen LogP contribution in [-0.2, 0) is 6.54 Å². The lowest BCUT2D eigenvalue weighted by Crippen LogP contribution is -2.33. The SMILES string of the molecule is COc1ccc(CN(C)C(=O)c2nn(-c3ccccc3)c(C)cc2=O)cc1F. The van der Waals surface area contributed by atoms with Gasteiger partial charge in [0.05, 0.1) is 12.8 Å². The number of ether oxygens (including phenoxy) is 1. The van der Waals surface area contributed by atoms with Crippen LogP contribution in [0.4, 0.5) is 4.39 Å². The van der Waals surface area contributed by atoms with Crippen molar-refractivity contribution in [2.75, 3.05) is 14.2 Å². The number of nitrogens with zero attached hydrogens (tertiary/aromatic N) is 3. The van der Waals surface area contributed by atoms with Gasteiger partial charge in [-0.2, -0.15) is 5.10 Å². The van der Waals surface area contributed by atoms with Crippen molar-refractivity contribution in [1.82, 2.24) is 14.7 Å². The quantitative estimate of drug-likeness (QED) is 0.682. The van der Waals surface area contributed by atoms with Crippen molar-refractivity contribution in [3.8, 4) is 11.4 Å². The van der Waals surface area contributed by atoms with E-state index in [4.69, 9.17) is 4.74 Å². The van der Waals surface area contributed by atoms with Crippen molar-refractivity contribution in [2.45, 2.75) is 13.5 Å². The Balaban J connectivity index is 1.89. The summed E-state index contributed by atoms with van der Waals surface area (Å²) in [5, 5.41) is 4.27. The Morgan fingerprint density at radius 2 is 1.89 bits per heavy atom. The Morgan fingerprint density at radius 3 is 2.54 bits per heavy atom. The van der Waals surface area contributed by atoms with E-state index in [-0.39, 0.29) is 18.0 Å². The highest BCUT2D eigenvalue weighted by molar-refractivity contribution is 5.91. The minimum atomic E-state index is -0.536. The summed E-state index contributed by atoms with van der Waals surface area (Å²) in [5.41, 5.74) is 1.29. The van der Waals surface area contributed by atoms with E-state index < -0.39 is 17.2 Å². The molecule has 0 radical (unpaired) electrons. The van der Waals surface area contributed by atoms with Gasteiger partial charge in [0.15, 0.2) is 17.3 Å². The van der Waals surface area contributed by atoms with Crippen LogP contribution in [0.5, 0.6) is 5.75 Å². The predicted octanol–water partition coefficient (Wildman–Crippen LogP) is 2.96. The van der Waals surface area contributed by atoms with Crippen LogP contribution in [0.1, 0.15) is 21.7 Å². The molecule has 0 spiro atoms. The molecule has 6 nitrogen and oxygen atoms in total. The number of amides is 1. The molecule has 0 N–H and O–H groups in total. The smallest absolute Gasteiger partial charge is 0.278 e. The number of rotatable bonds is 5. The van der Waals surface area contributed by atoms with Gasteiger partial charge < -0.3 is 9.64 Å². The van der Waals surface area contributed by atoms with E-state index in [9.17, 15) is 14.0 Å². The number of hydrogen-bond donors (Lipinski definition) is 0. The Bertz CT molecular complexity index is 1060. The summed E-state index contributed by atoms with van der Waals surface area (Å²) in [5.74, 6) is -0.921. The monoisotopic (exact) mass is 381 g/mol. The third-order valence-corrected chi connectivity index (χ3v) is 4.29. The summed E-state index contributed by atoms with van der Waals surface area (Å²) in [6, 6.07) is 15.1. The third-order valence-electron chi connectivity index (χ3n) is 4.29. The zero-order valence-corrected chi connectivity index (χ0v) is 15.8. The van der Waals surface area contributed by atoms with Crippen molar-refractivity contribution in [3.05, 3.63) is 87.6 Å². The van der Waals surface area contributed by atoms with E-state index in [0.29, 0.717) is 11.3 Å². The molecule has 0 bridgehead atoms. The number of carbonyl (C=O) groups is 1. The first kappa shape index (κ1) is 19.3. The third kappa shape index (κ3) is 3.93. The normalized spacial score (nSPS) is 10.6. The second kappa shape index (κ2) is 8.04. The lowest BCUT2D eigenvalue weighted by molar-refractivity contribution is 0.0775. The van der Waals surface area contributed by atoms with E-state index in [1.165, 1.54) is 37.3 Å². The van der Waals surface area contributed by atoms with Crippen LogP contribution in [0, 0.1) is 12.7 Å². The maximum atomic E-state index is 13.9. The van der Waals surface area contributed by atoms with Gasteiger partial charge in [0.2, 0.25) is 5.43 Å². The number of carbonyl (C=O) groups excluding carboxylic acids is 1. The van der Waals surface area contributed by atoms with E-state index in [1.807, 2.05) is 30.3 Å². The molecule has 0 atom stereocenters. The minimum absolute atomic E-state index is 0.125. The van der Waals surface area contributed by atoms with Crippen LogP contribution in [0.3, 0.4) is 0 Å². The fourth-order valence-corrected chi connectivity index (χ4v) is 2.86. The number of aromatic nitrogens is 2. The van der Waals surface area contributed by atoms with Gasteiger partial charge in [0.25, 0.3) is 5.91 Å². The summed E-state index contributed by atoms with van der Waals surface area (Å²) in [6.45, 7) is 1.87. The summed E-state index contributed by atoms with van der Waals surface area (Å²) in [6.07, 6.45) is 0. The minimum Gasteiger partial charge on any atom is -0.494 e. The number of benzene rings is 2. The van der Waals surface area contributed by atoms with Gasteiger partial charge >= 0.3 is 0 Å². The molecule has 1 amide bonds. The Morgan fingerprint density at radius 1 is 1.18 bits per heavy atom. The molecule has 3 aromatic rings. The van der Waals surface area contributed by atoms with Gasteiger partial charge in [-0.25, -0.2) is 9.07 Å². The zero-order chi connectivity index (χ0) is 20.3. The van der Waals surface area contributed by atoms with Crippen molar-refractivity contribution in [2.24, 2.45) is 0 Å². The number of methoxy groups -OCH3 is 1. The number of hydrogen-bond acceptors (Lipinski definition) is 4. The van der Waals surface area contributed by atoms with Gasteiger partial charge in [-0.3, -0.25) is 9.59 Å². The zero-order valence-electron chi connectivity index (χ0n) is 15.8. The molecule has 1 heterocycles. The van der Waals surface area contributed by atoms with Gasteiger partial charge in [-0.15, -0.1) is 0 Å². The van der Waals surface area contributed by atoms with Gasteiger partial charge in [-0.05, 0) is 36.8 Å². The molecule has 144 valence electrons. The van der Waals surface area contributed by atoms with E-state index >= 15 is 0 Å². The van der Waals surface area contributed by atoms with Crippen molar-refractivity contribution in [3.63, 3.8) is 0 Å². The second-order valence-electron chi connectivity index (χ2n) is 6.38. The van der Waals surface area contributed by atoms with Crippen LogP contribution in [0.15, 0.2) is 59.4 Å². The average Bonchev–Trinajstić information content (AvgIpc) is 2.68. The molecule has 28 heavy (non-hydrogen) atoms. The molecular weight excluding hydrogens is 361 g/mol. The molecular formula is C21H20FN3O3. The largest absolute Gasteiger partial charge is 0.494 e. The molecule has 0 fully saturated rings. The fourth-order valence-electron chi connectivity index (χ4n) is 2.86. The van der Waals surface area contributed by atoms with Crippen molar-refractivity contribution in [1.29, 1.82) is 0 Å². The van der Waals surface area contributed by atoms with Crippen LogP contribution in [-0.4, -0.2) is 34.7 Å². The highest BCUT2D eigenvalue weighted by Crippen LogP contribution is 2.18. The molecule has 0 aliphatic rings.